The Hall–Kier alpha value is -0.820. The van der Waals surface area contributed by atoms with Crippen LogP contribution in [0, 0.1) is 0 Å². The Morgan fingerprint density at radius 3 is 2.07 bits per heavy atom. The molecule has 0 spiro atoms. The highest BCUT2D eigenvalue weighted by Gasteiger charge is 2.07. The first-order chi connectivity index (χ1) is 7.15. The molecule has 15 heavy (non-hydrogen) atoms. The Morgan fingerprint density at radius 2 is 1.60 bits per heavy atom. The van der Waals surface area contributed by atoms with E-state index in [0.29, 0.717) is 5.92 Å². The molecule has 1 rings (SSSR count). The quantitative estimate of drug-likeness (QED) is 0.771. The monoisotopic (exact) mass is 206 g/mol. The Labute approximate surface area is 93.1 Å². The third-order valence-electron chi connectivity index (χ3n) is 2.82. The molecular formula is C14H22O. The van der Waals surface area contributed by atoms with Gasteiger partial charge in [-0.1, -0.05) is 57.9 Å². The topological polar surface area (TPSA) is 20.2 Å². The van der Waals surface area contributed by atoms with Gasteiger partial charge in [0, 0.05) is 0 Å². The van der Waals surface area contributed by atoms with Crippen molar-refractivity contribution in [3.63, 3.8) is 0 Å². The molecule has 0 aliphatic rings. The molecule has 1 heteroatoms. The first-order valence-corrected chi connectivity index (χ1v) is 5.93. The molecule has 0 fully saturated rings. The van der Waals surface area contributed by atoms with Crippen LogP contribution in [0.25, 0.3) is 0 Å². The van der Waals surface area contributed by atoms with Crippen LogP contribution in [0.5, 0.6) is 0 Å². The normalized spacial score (nSPS) is 13.1. The predicted molar refractivity (Wildman–Crippen MR) is 65.0 cm³/mol. The van der Waals surface area contributed by atoms with Gasteiger partial charge in [0.2, 0.25) is 0 Å². The van der Waals surface area contributed by atoms with Gasteiger partial charge in [-0.15, -0.1) is 0 Å². The summed E-state index contributed by atoms with van der Waals surface area (Å²) < 4.78 is 0. The van der Waals surface area contributed by atoms with Crippen molar-refractivity contribution in [3.05, 3.63) is 35.4 Å². The minimum Gasteiger partial charge on any atom is -0.388 e. The molecule has 0 saturated carbocycles. The van der Waals surface area contributed by atoms with Crippen molar-refractivity contribution in [1.82, 2.24) is 0 Å². The van der Waals surface area contributed by atoms with E-state index in [1.807, 2.05) is 0 Å². The van der Waals surface area contributed by atoms with E-state index in [0.717, 1.165) is 24.8 Å². The van der Waals surface area contributed by atoms with E-state index in [1.54, 1.807) is 0 Å². The summed E-state index contributed by atoms with van der Waals surface area (Å²) >= 11 is 0. The molecule has 0 aliphatic carbocycles. The van der Waals surface area contributed by atoms with Crippen molar-refractivity contribution < 1.29 is 5.11 Å². The van der Waals surface area contributed by atoms with Crippen molar-refractivity contribution in [2.75, 3.05) is 0 Å². The van der Waals surface area contributed by atoms with E-state index in [-0.39, 0.29) is 6.10 Å². The van der Waals surface area contributed by atoms with E-state index >= 15 is 0 Å². The lowest BCUT2D eigenvalue weighted by molar-refractivity contribution is 0.164. The van der Waals surface area contributed by atoms with Gasteiger partial charge < -0.3 is 5.11 Å². The minimum absolute atomic E-state index is 0.286. The molecule has 0 amide bonds. The van der Waals surface area contributed by atoms with Crippen molar-refractivity contribution >= 4 is 0 Å². The lowest BCUT2D eigenvalue weighted by Gasteiger charge is -2.12. The first-order valence-electron chi connectivity index (χ1n) is 5.93. The highest BCUT2D eigenvalue weighted by molar-refractivity contribution is 5.25. The summed E-state index contributed by atoms with van der Waals surface area (Å²) in [6.45, 7) is 6.51. The molecule has 1 aromatic rings. The Balaban J connectivity index is 2.62. The second-order valence-corrected chi connectivity index (χ2v) is 4.48. The number of aliphatic hydroxyl groups is 1. The van der Waals surface area contributed by atoms with Gasteiger partial charge in [0.1, 0.15) is 0 Å². The summed E-state index contributed by atoms with van der Waals surface area (Å²) in [5.74, 6) is 0.562. The summed E-state index contributed by atoms with van der Waals surface area (Å²) in [6.07, 6.45) is 2.82. The van der Waals surface area contributed by atoms with Crippen LogP contribution in [0.4, 0.5) is 0 Å². The van der Waals surface area contributed by atoms with Crippen molar-refractivity contribution in [1.29, 1.82) is 0 Å². The molecule has 0 heterocycles. The van der Waals surface area contributed by atoms with Gasteiger partial charge in [0.15, 0.2) is 0 Å². The van der Waals surface area contributed by atoms with E-state index in [4.69, 9.17) is 0 Å². The van der Waals surface area contributed by atoms with Gasteiger partial charge in [-0.25, -0.2) is 0 Å². The summed E-state index contributed by atoms with van der Waals surface area (Å²) in [6, 6.07) is 8.34. The van der Waals surface area contributed by atoms with Crippen molar-refractivity contribution in [2.24, 2.45) is 0 Å². The SMILES string of the molecule is CCCCC(O)c1ccc(C(C)C)cc1. The first kappa shape index (κ1) is 12.3. The third kappa shape index (κ3) is 3.67. The van der Waals surface area contributed by atoms with Gasteiger partial charge in [0.25, 0.3) is 0 Å². The number of hydrogen-bond donors (Lipinski definition) is 1. The second kappa shape index (κ2) is 5.92. The maximum Gasteiger partial charge on any atom is 0.0790 e. The molecule has 0 bridgehead atoms. The molecule has 1 N–H and O–H groups in total. The zero-order valence-electron chi connectivity index (χ0n) is 10.0. The molecule has 1 nitrogen and oxygen atoms in total. The molecule has 84 valence electrons. The Bertz CT molecular complexity index is 274. The third-order valence-corrected chi connectivity index (χ3v) is 2.82. The van der Waals surface area contributed by atoms with Crippen LogP contribution < -0.4 is 0 Å². The summed E-state index contributed by atoms with van der Waals surface area (Å²) in [5, 5.41) is 9.88. The summed E-state index contributed by atoms with van der Waals surface area (Å²) in [7, 11) is 0. The van der Waals surface area contributed by atoms with Crippen molar-refractivity contribution in [2.45, 2.75) is 52.1 Å². The zero-order chi connectivity index (χ0) is 11.3. The van der Waals surface area contributed by atoms with Gasteiger partial charge in [-0.05, 0) is 23.5 Å². The fraction of sp³-hybridized carbons (Fsp3) is 0.571. The molecule has 1 atom stereocenters. The molecule has 0 aromatic heterocycles. The van der Waals surface area contributed by atoms with Crippen LogP contribution in [0.3, 0.4) is 0 Å². The number of benzene rings is 1. The van der Waals surface area contributed by atoms with Gasteiger partial charge in [0.05, 0.1) is 6.10 Å². The maximum atomic E-state index is 9.88. The van der Waals surface area contributed by atoms with Crippen LogP contribution >= 0.6 is 0 Å². The van der Waals surface area contributed by atoms with Gasteiger partial charge >= 0.3 is 0 Å². The van der Waals surface area contributed by atoms with Gasteiger partial charge in [-0.3, -0.25) is 0 Å². The highest BCUT2D eigenvalue weighted by Crippen LogP contribution is 2.21. The number of unbranched alkanes of at least 4 members (excludes halogenated alkanes) is 1. The van der Waals surface area contributed by atoms with Crippen LogP contribution in [0.2, 0.25) is 0 Å². The van der Waals surface area contributed by atoms with Crippen LogP contribution in [-0.4, -0.2) is 5.11 Å². The predicted octanol–water partition coefficient (Wildman–Crippen LogP) is 4.03. The lowest BCUT2D eigenvalue weighted by Crippen LogP contribution is -1.97. The largest absolute Gasteiger partial charge is 0.388 e. The lowest BCUT2D eigenvalue weighted by atomic mass is 9.98. The zero-order valence-corrected chi connectivity index (χ0v) is 10.0. The number of rotatable bonds is 5. The standard InChI is InChI=1S/C14H22O/c1-4-5-6-14(15)13-9-7-12(8-10-13)11(2)3/h7-11,14-15H,4-6H2,1-3H3. The minimum atomic E-state index is -0.286. The van der Waals surface area contributed by atoms with E-state index < -0.39 is 0 Å². The van der Waals surface area contributed by atoms with E-state index in [2.05, 4.69) is 45.0 Å². The number of aliphatic hydroxyl groups excluding tert-OH is 1. The van der Waals surface area contributed by atoms with Gasteiger partial charge in [-0.2, -0.15) is 0 Å². The molecule has 0 saturated heterocycles. The molecule has 1 aromatic carbocycles. The molecule has 1 unspecified atom stereocenters. The van der Waals surface area contributed by atoms with Crippen LogP contribution in [0.15, 0.2) is 24.3 Å². The van der Waals surface area contributed by atoms with Crippen molar-refractivity contribution in [3.8, 4) is 0 Å². The molecule has 0 radical (unpaired) electrons. The maximum absolute atomic E-state index is 9.88. The fourth-order valence-corrected chi connectivity index (χ4v) is 1.67. The number of hydrogen-bond acceptors (Lipinski definition) is 1. The van der Waals surface area contributed by atoms with Crippen LogP contribution in [0.1, 0.15) is 63.2 Å². The fourth-order valence-electron chi connectivity index (χ4n) is 1.67. The highest BCUT2D eigenvalue weighted by atomic mass is 16.3. The summed E-state index contributed by atoms with van der Waals surface area (Å²) in [4.78, 5) is 0. The smallest absolute Gasteiger partial charge is 0.0790 e. The molecular weight excluding hydrogens is 184 g/mol. The molecule has 0 aliphatic heterocycles. The Kier molecular flexibility index (Phi) is 4.83. The second-order valence-electron chi connectivity index (χ2n) is 4.48. The summed E-state index contributed by atoms with van der Waals surface area (Å²) in [5.41, 5.74) is 2.38. The average Bonchev–Trinajstić information content (AvgIpc) is 2.26. The van der Waals surface area contributed by atoms with E-state index in [9.17, 15) is 5.11 Å². The average molecular weight is 206 g/mol. The Morgan fingerprint density at radius 1 is 1.07 bits per heavy atom. The van der Waals surface area contributed by atoms with E-state index in [1.165, 1.54) is 5.56 Å². The van der Waals surface area contributed by atoms with Crippen LogP contribution in [-0.2, 0) is 0 Å².